The maximum atomic E-state index is 11.2. The Labute approximate surface area is 101 Å². The van der Waals surface area contributed by atoms with E-state index in [2.05, 4.69) is 17.7 Å². The van der Waals surface area contributed by atoms with Gasteiger partial charge in [0, 0.05) is 17.8 Å². The molecular weight excluding hydrogens is 216 g/mol. The van der Waals surface area contributed by atoms with Crippen molar-refractivity contribution in [1.82, 2.24) is 5.48 Å². The van der Waals surface area contributed by atoms with Gasteiger partial charge in [-0.2, -0.15) is 5.48 Å². The summed E-state index contributed by atoms with van der Waals surface area (Å²) < 4.78 is 0. The van der Waals surface area contributed by atoms with E-state index in [1.165, 1.54) is 19.3 Å². The SMILES string of the molecule is CCCCCNc1ccc2c(c1)CC(=O)NO2. The fourth-order valence-corrected chi connectivity index (χ4v) is 1.86. The number of hydrogen-bond donors (Lipinski definition) is 2. The molecule has 1 aromatic carbocycles. The molecule has 1 aromatic rings. The minimum Gasteiger partial charge on any atom is -0.385 e. The van der Waals surface area contributed by atoms with Gasteiger partial charge in [0.15, 0.2) is 5.75 Å². The lowest BCUT2D eigenvalue weighted by Crippen LogP contribution is -2.33. The molecule has 0 saturated carbocycles. The highest BCUT2D eigenvalue weighted by Gasteiger charge is 2.16. The van der Waals surface area contributed by atoms with Gasteiger partial charge in [-0.15, -0.1) is 0 Å². The van der Waals surface area contributed by atoms with Crippen molar-refractivity contribution in [3.8, 4) is 5.75 Å². The van der Waals surface area contributed by atoms with Crippen LogP contribution in [0.15, 0.2) is 18.2 Å². The molecule has 17 heavy (non-hydrogen) atoms. The number of nitrogens with one attached hydrogen (secondary N) is 2. The average Bonchev–Trinajstić information content (AvgIpc) is 2.34. The van der Waals surface area contributed by atoms with Crippen molar-refractivity contribution in [3.63, 3.8) is 0 Å². The molecular formula is C13H18N2O2. The molecule has 0 spiro atoms. The fourth-order valence-electron chi connectivity index (χ4n) is 1.86. The lowest BCUT2D eigenvalue weighted by Gasteiger charge is -2.17. The van der Waals surface area contributed by atoms with Crippen molar-refractivity contribution in [1.29, 1.82) is 0 Å². The highest BCUT2D eigenvalue weighted by atomic mass is 16.7. The molecule has 1 aliphatic rings. The monoisotopic (exact) mass is 234 g/mol. The van der Waals surface area contributed by atoms with Crippen LogP contribution in [0.3, 0.4) is 0 Å². The van der Waals surface area contributed by atoms with E-state index in [0.717, 1.165) is 23.5 Å². The Balaban J connectivity index is 1.95. The lowest BCUT2D eigenvalue weighted by molar-refractivity contribution is -0.128. The molecule has 0 atom stereocenters. The van der Waals surface area contributed by atoms with Crippen molar-refractivity contribution in [2.24, 2.45) is 0 Å². The molecule has 0 aliphatic carbocycles. The van der Waals surface area contributed by atoms with E-state index < -0.39 is 0 Å². The van der Waals surface area contributed by atoms with Crippen LogP contribution in [-0.4, -0.2) is 12.5 Å². The molecule has 4 heteroatoms. The first-order chi connectivity index (χ1) is 8.29. The van der Waals surface area contributed by atoms with Gasteiger partial charge in [0.1, 0.15) is 0 Å². The number of hydroxylamine groups is 1. The maximum Gasteiger partial charge on any atom is 0.257 e. The normalized spacial score (nSPS) is 13.6. The first-order valence-corrected chi connectivity index (χ1v) is 6.12. The van der Waals surface area contributed by atoms with Gasteiger partial charge in [0.2, 0.25) is 0 Å². The van der Waals surface area contributed by atoms with Gasteiger partial charge in [-0.1, -0.05) is 19.8 Å². The number of carbonyl (C=O) groups is 1. The summed E-state index contributed by atoms with van der Waals surface area (Å²) in [5.41, 5.74) is 4.35. The van der Waals surface area contributed by atoms with E-state index in [4.69, 9.17) is 4.84 Å². The summed E-state index contributed by atoms with van der Waals surface area (Å²) >= 11 is 0. The lowest BCUT2D eigenvalue weighted by atomic mass is 10.1. The molecule has 0 bridgehead atoms. The third-order valence-corrected chi connectivity index (χ3v) is 2.80. The number of rotatable bonds is 5. The summed E-state index contributed by atoms with van der Waals surface area (Å²) in [5.74, 6) is 0.643. The van der Waals surface area contributed by atoms with Gasteiger partial charge < -0.3 is 10.2 Å². The number of anilines is 1. The molecule has 2 N–H and O–H groups in total. The second-order valence-electron chi connectivity index (χ2n) is 4.26. The number of carbonyl (C=O) groups excluding carboxylic acids is 1. The molecule has 1 amide bonds. The predicted molar refractivity (Wildman–Crippen MR) is 66.9 cm³/mol. The minimum atomic E-state index is -0.0966. The van der Waals surface area contributed by atoms with Gasteiger partial charge in [-0.05, 0) is 24.6 Å². The fraction of sp³-hybridized carbons (Fsp3) is 0.462. The van der Waals surface area contributed by atoms with Crippen LogP contribution in [0.5, 0.6) is 5.75 Å². The van der Waals surface area contributed by atoms with E-state index in [1.54, 1.807) is 0 Å². The van der Waals surface area contributed by atoms with Crippen LogP contribution in [0.2, 0.25) is 0 Å². The second-order valence-corrected chi connectivity index (χ2v) is 4.26. The number of amides is 1. The first-order valence-electron chi connectivity index (χ1n) is 6.12. The van der Waals surface area contributed by atoms with Crippen LogP contribution in [0.4, 0.5) is 5.69 Å². The Morgan fingerprint density at radius 2 is 2.29 bits per heavy atom. The van der Waals surface area contributed by atoms with Crippen molar-refractivity contribution in [3.05, 3.63) is 23.8 Å². The zero-order valence-corrected chi connectivity index (χ0v) is 10.1. The highest BCUT2D eigenvalue weighted by molar-refractivity contribution is 5.80. The average molecular weight is 234 g/mol. The van der Waals surface area contributed by atoms with Crippen molar-refractivity contribution >= 4 is 11.6 Å². The van der Waals surface area contributed by atoms with Gasteiger partial charge in [0.25, 0.3) is 5.91 Å². The summed E-state index contributed by atoms with van der Waals surface area (Å²) in [6.07, 6.45) is 4.02. The summed E-state index contributed by atoms with van der Waals surface area (Å²) in [6.45, 7) is 3.16. The zero-order chi connectivity index (χ0) is 12.1. The summed E-state index contributed by atoms with van der Waals surface area (Å²) in [4.78, 5) is 16.3. The Bertz CT molecular complexity index is 404. The molecule has 1 heterocycles. The molecule has 0 radical (unpaired) electrons. The van der Waals surface area contributed by atoms with Crippen LogP contribution < -0.4 is 15.6 Å². The first kappa shape index (κ1) is 11.8. The summed E-state index contributed by atoms with van der Waals surface area (Å²) in [7, 11) is 0. The van der Waals surface area contributed by atoms with E-state index in [9.17, 15) is 4.79 Å². The summed E-state index contributed by atoms with van der Waals surface area (Å²) in [5, 5.41) is 3.36. The molecule has 0 aromatic heterocycles. The van der Waals surface area contributed by atoms with Gasteiger partial charge in [-0.3, -0.25) is 4.79 Å². The van der Waals surface area contributed by atoms with Crippen molar-refractivity contribution in [2.45, 2.75) is 32.6 Å². The van der Waals surface area contributed by atoms with Gasteiger partial charge in [-0.25, -0.2) is 0 Å². The molecule has 0 saturated heterocycles. The largest absolute Gasteiger partial charge is 0.385 e. The zero-order valence-electron chi connectivity index (χ0n) is 10.1. The molecule has 0 unspecified atom stereocenters. The standard InChI is InChI=1S/C13H18N2O2/c1-2-3-4-7-14-11-5-6-12-10(8-11)9-13(16)15-17-12/h5-6,8,14H,2-4,7,9H2,1H3,(H,15,16). The number of fused-ring (bicyclic) bond motifs is 1. The third kappa shape index (κ3) is 3.12. The molecule has 2 rings (SSSR count). The third-order valence-electron chi connectivity index (χ3n) is 2.80. The Morgan fingerprint density at radius 1 is 1.41 bits per heavy atom. The van der Waals surface area contributed by atoms with E-state index in [0.29, 0.717) is 6.42 Å². The Kier molecular flexibility index (Phi) is 3.85. The van der Waals surface area contributed by atoms with Crippen LogP contribution in [0, 0.1) is 0 Å². The maximum absolute atomic E-state index is 11.2. The topological polar surface area (TPSA) is 50.4 Å². The highest BCUT2D eigenvalue weighted by Crippen LogP contribution is 2.25. The smallest absolute Gasteiger partial charge is 0.257 e. The van der Waals surface area contributed by atoms with Crippen LogP contribution in [0.1, 0.15) is 31.7 Å². The quantitative estimate of drug-likeness (QED) is 0.768. The van der Waals surface area contributed by atoms with Crippen LogP contribution in [0.25, 0.3) is 0 Å². The van der Waals surface area contributed by atoms with Gasteiger partial charge in [0.05, 0.1) is 6.42 Å². The molecule has 1 aliphatic heterocycles. The van der Waals surface area contributed by atoms with E-state index in [-0.39, 0.29) is 5.91 Å². The number of benzene rings is 1. The Hall–Kier alpha value is -1.71. The predicted octanol–water partition coefficient (Wildman–Crippen LogP) is 2.25. The van der Waals surface area contributed by atoms with Crippen LogP contribution in [-0.2, 0) is 11.2 Å². The molecule has 4 nitrogen and oxygen atoms in total. The second kappa shape index (κ2) is 5.57. The minimum absolute atomic E-state index is 0.0966. The van der Waals surface area contributed by atoms with Crippen molar-refractivity contribution in [2.75, 3.05) is 11.9 Å². The van der Waals surface area contributed by atoms with Crippen LogP contribution >= 0.6 is 0 Å². The number of unbranched alkanes of at least 4 members (excludes halogenated alkanes) is 2. The van der Waals surface area contributed by atoms with E-state index >= 15 is 0 Å². The summed E-state index contributed by atoms with van der Waals surface area (Å²) in [6, 6.07) is 5.85. The Morgan fingerprint density at radius 3 is 3.12 bits per heavy atom. The molecule has 0 fully saturated rings. The van der Waals surface area contributed by atoms with Gasteiger partial charge >= 0.3 is 0 Å². The van der Waals surface area contributed by atoms with E-state index in [1.807, 2.05) is 18.2 Å². The molecule has 92 valence electrons. The van der Waals surface area contributed by atoms with Crippen molar-refractivity contribution < 1.29 is 9.63 Å². The number of hydrogen-bond acceptors (Lipinski definition) is 3.